The van der Waals surface area contributed by atoms with Gasteiger partial charge in [-0.05, 0) is 37.1 Å². The zero-order valence-electron chi connectivity index (χ0n) is 13.3. The molecule has 24 heavy (non-hydrogen) atoms. The first kappa shape index (κ1) is 16.4. The highest BCUT2D eigenvalue weighted by molar-refractivity contribution is 9.10. The summed E-state index contributed by atoms with van der Waals surface area (Å²) in [7, 11) is 0. The highest BCUT2D eigenvalue weighted by atomic mass is 79.9. The molecule has 6 heteroatoms. The molecule has 122 valence electrons. The number of pyridine rings is 1. The van der Waals surface area contributed by atoms with E-state index in [1.807, 2.05) is 56.3 Å². The van der Waals surface area contributed by atoms with Crippen molar-refractivity contribution in [3.63, 3.8) is 0 Å². The number of aryl methyl sites for hydroxylation is 1. The van der Waals surface area contributed by atoms with E-state index in [2.05, 4.69) is 26.2 Å². The van der Waals surface area contributed by atoms with Crippen molar-refractivity contribution in [3.05, 3.63) is 74.4 Å². The van der Waals surface area contributed by atoms with Crippen LogP contribution in [0.1, 0.15) is 24.1 Å². The number of nitrogens with one attached hydrogen (secondary N) is 1. The van der Waals surface area contributed by atoms with Gasteiger partial charge in [0.1, 0.15) is 11.9 Å². The predicted molar refractivity (Wildman–Crippen MR) is 99.3 cm³/mol. The monoisotopic (exact) mass is 385 g/mol. The molecule has 0 aliphatic carbocycles. The summed E-state index contributed by atoms with van der Waals surface area (Å²) >= 11 is 3.48. The van der Waals surface area contributed by atoms with Crippen LogP contribution in [0, 0.1) is 17.0 Å². The maximum Gasteiger partial charge on any atom is 0.311 e. The molecule has 0 spiro atoms. The third kappa shape index (κ3) is 3.10. The van der Waals surface area contributed by atoms with E-state index in [0.717, 1.165) is 21.0 Å². The fourth-order valence-electron chi connectivity index (χ4n) is 2.64. The van der Waals surface area contributed by atoms with Gasteiger partial charge in [-0.15, -0.1) is 0 Å². The largest absolute Gasteiger partial charge is 0.372 e. The van der Waals surface area contributed by atoms with E-state index in [0.29, 0.717) is 11.2 Å². The summed E-state index contributed by atoms with van der Waals surface area (Å²) in [5, 5.41) is 15.5. The molecule has 2 aromatic carbocycles. The van der Waals surface area contributed by atoms with Crippen molar-refractivity contribution in [2.45, 2.75) is 19.9 Å². The molecule has 3 aromatic rings. The van der Waals surface area contributed by atoms with Crippen LogP contribution in [-0.4, -0.2) is 9.91 Å². The molecular weight excluding hydrogens is 370 g/mol. The van der Waals surface area contributed by atoms with E-state index in [1.54, 1.807) is 0 Å². The third-order valence-corrected chi connectivity index (χ3v) is 4.84. The van der Waals surface area contributed by atoms with Gasteiger partial charge in [-0.2, -0.15) is 0 Å². The Kier molecular flexibility index (Phi) is 4.49. The number of aromatic nitrogens is 1. The molecule has 0 aliphatic rings. The van der Waals surface area contributed by atoms with E-state index >= 15 is 0 Å². The molecule has 0 saturated heterocycles. The summed E-state index contributed by atoms with van der Waals surface area (Å²) in [6.07, 6.45) is 1.31. The number of benzene rings is 2. The van der Waals surface area contributed by atoms with Crippen LogP contribution in [0.3, 0.4) is 0 Å². The first-order chi connectivity index (χ1) is 11.5. The van der Waals surface area contributed by atoms with Gasteiger partial charge in [0, 0.05) is 15.9 Å². The Labute approximate surface area is 148 Å². The molecule has 0 unspecified atom stereocenters. The lowest BCUT2D eigenvalue weighted by molar-refractivity contribution is -0.384. The summed E-state index contributed by atoms with van der Waals surface area (Å²) < 4.78 is 0.929. The number of nitro groups is 1. The minimum Gasteiger partial charge on any atom is -0.372 e. The number of hydrogen-bond donors (Lipinski definition) is 1. The molecule has 0 amide bonds. The number of hydrogen-bond acceptors (Lipinski definition) is 4. The lowest BCUT2D eigenvalue weighted by Crippen LogP contribution is -2.09. The van der Waals surface area contributed by atoms with Crippen molar-refractivity contribution < 1.29 is 4.92 Å². The van der Waals surface area contributed by atoms with E-state index in [9.17, 15) is 10.1 Å². The van der Waals surface area contributed by atoms with Crippen LogP contribution < -0.4 is 5.32 Å². The van der Waals surface area contributed by atoms with Gasteiger partial charge in [0.25, 0.3) is 0 Å². The smallest absolute Gasteiger partial charge is 0.311 e. The Morgan fingerprint density at radius 3 is 2.62 bits per heavy atom. The lowest BCUT2D eigenvalue weighted by Gasteiger charge is -2.17. The summed E-state index contributed by atoms with van der Waals surface area (Å²) in [6, 6.07) is 13.6. The molecule has 0 saturated carbocycles. The summed E-state index contributed by atoms with van der Waals surface area (Å²) in [6.45, 7) is 3.93. The van der Waals surface area contributed by atoms with E-state index in [1.165, 1.54) is 6.20 Å². The van der Waals surface area contributed by atoms with Crippen LogP contribution in [0.15, 0.2) is 53.1 Å². The second kappa shape index (κ2) is 6.57. The number of nitrogens with zero attached hydrogens (tertiary/aromatic N) is 2. The average Bonchev–Trinajstić information content (AvgIpc) is 2.57. The second-order valence-electron chi connectivity index (χ2n) is 5.67. The number of rotatable bonds is 4. The van der Waals surface area contributed by atoms with Crippen molar-refractivity contribution in [3.8, 4) is 0 Å². The molecule has 0 bridgehead atoms. The van der Waals surface area contributed by atoms with Crippen molar-refractivity contribution in [1.82, 2.24) is 4.98 Å². The highest BCUT2D eigenvalue weighted by Crippen LogP contribution is 2.36. The fourth-order valence-corrected chi connectivity index (χ4v) is 2.97. The second-order valence-corrected chi connectivity index (χ2v) is 6.53. The van der Waals surface area contributed by atoms with Crippen LogP contribution in [0.2, 0.25) is 0 Å². The van der Waals surface area contributed by atoms with Crippen LogP contribution in [0.25, 0.3) is 10.9 Å². The van der Waals surface area contributed by atoms with Gasteiger partial charge < -0.3 is 5.32 Å². The molecule has 5 nitrogen and oxygen atoms in total. The van der Waals surface area contributed by atoms with Crippen molar-refractivity contribution in [2.24, 2.45) is 0 Å². The molecule has 1 N–H and O–H groups in total. The highest BCUT2D eigenvalue weighted by Gasteiger charge is 2.20. The third-order valence-electron chi connectivity index (χ3n) is 3.99. The Bertz CT molecular complexity index is 913. The van der Waals surface area contributed by atoms with Crippen LogP contribution in [0.5, 0.6) is 0 Å². The summed E-state index contributed by atoms with van der Waals surface area (Å²) in [4.78, 5) is 15.3. The molecule has 3 rings (SSSR count). The van der Waals surface area contributed by atoms with Crippen LogP contribution in [-0.2, 0) is 0 Å². The van der Waals surface area contributed by atoms with Gasteiger partial charge in [-0.25, -0.2) is 4.98 Å². The fraction of sp³-hybridized carbons (Fsp3) is 0.167. The Hall–Kier alpha value is -2.47. The minimum absolute atomic E-state index is 0.0213. The number of fused-ring (bicyclic) bond motifs is 1. The van der Waals surface area contributed by atoms with Gasteiger partial charge in [0.2, 0.25) is 0 Å². The van der Waals surface area contributed by atoms with Crippen molar-refractivity contribution in [2.75, 3.05) is 5.32 Å². The lowest BCUT2D eigenvalue weighted by atomic mass is 10.1. The molecule has 0 radical (unpaired) electrons. The van der Waals surface area contributed by atoms with Gasteiger partial charge in [0.05, 0.1) is 10.4 Å². The topological polar surface area (TPSA) is 68.1 Å². The first-order valence-corrected chi connectivity index (χ1v) is 8.31. The van der Waals surface area contributed by atoms with Crippen molar-refractivity contribution in [1.29, 1.82) is 0 Å². The standard InChI is InChI=1S/C18H16BrN3O2/c1-11-8-14-16(9-15(11)19)20-10-17(22(23)24)18(14)21-12(2)13-6-4-3-5-7-13/h3-10,12H,1-2H3,(H,20,21)/t12-/m1/s1. The average molecular weight is 386 g/mol. The Morgan fingerprint density at radius 1 is 1.25 bits per heavy atom. The molecule has 1 atom stereocenters. The first-order valence-electron chi connectivity index (χ1n) is 7.52. The van der Waals surface area contributed by atoms with Crippen LogP contribution >= 0.6 is 15.9 Å². The molecular formula is C18H16BrN3O2. The molecule has 0 fully saturated rings. The summed E-state index contributed by atoms with van der Waals surface area (Å²) in [5.74, 6) is 0. The van der Waals surface area contributed by atoms with Gasteiger partial charge >= 0.3 is 5.69 Å². The Balaban J connectivity index is 2.14. The molecule has 0 aliphatic heterocycles. The minimum atomic E-state index is -0.399. The van der Waals surface area contributed by atoms with Crippen LogP contribution in [0.4, 0.5) is 11.4 Å². The summed E-state index contributed by atoms with van der Waals surface area (Å²) in [5.41, 5.74) is 3.25. The molecule has 1 aromatic heterocycles. The van der Waals surface area contributed by atoms with E-state index in [-0.39, 0.29) is 11.7 Å². The molecule has 1 heterocycles. The zero-order chi connectivity index (χ0) is 17.3. The van der Waals surface area contributed by atoms with E-state index < -0.39 is 4.92 Å². The predicted octanol–water partition coefficient (Wildman–Crippen LogP) is 5.39. The number of anilines is 1. The van der Waals surface area contributed by atoms with Gasteiger partial charge in [-0.3, -0.25) is 10.1 Å². The number of halogens is 1. The normalized spacial score (nSPS) is 12.1. The maximum atomic E-state index is 11.5. The quantitative estimate of drug-likeness (QED) is 0.482. The van der Waals surface area contributed by atoms with Crippen molar-refractivity contribution >= 4 is 38.2 Å². The van der Waals surface area contributed by atoms with E-state index in [4.69, 9.17) is 0 Å². The SMILES string of the molecule is Cc1cc2c(N[C@H](C)c3ccccc3)c([N+](=O)[O-])cnc2cc1Br. The zero-order valence-corrected chi connectivity index (χ0v) is 14.9. The maximum absolute atomic E-state index is 11.5. The van der Waals surface area contributed by atoms with Gasteiger partial charge in [-0.1, -0.05) is 46.3 Å². The Morgan fingerprint density at radius 2 is 1.96 bits per heavy atom. The van der Waals surface area contributed by atoms with Gasteiger partial charge in [0.15, 0.2) is 0 Å².